The van der Waals surface area contributed by atoms with Gasteiger partial charge in [0.1, 0.15) is 11.4 Å². The molecule has 1 aromatic carbocycles. The van der Waals surface area contributed by atoms with E-state index in [1.165, 1.54) is 29.5 Å². The van der Waals surface area contributed by atoms with Gasteiger partial charge in [0.15, 0.2) is 5.69 Å². The number of aromatic nitrogens is 6. The second kappa shape index (κ2) is 8.05. The second-order valence-electron chi connectivity index (χ2n) is 7.84. The minimum absolute atomic E-state index is 0.266. The van der Waals surface area contributed by atoms with Gasteiger partial charge in [0.25, 0.3) is 0 Å². The monoisotopic (exact) mass is 458 g/mol. The average molecular weight is 459 g/mol. The number of aryl methyl sites for hydroxylation is 1. The molecule has 32 heavy (non-hydrogen) atoms. The third-order valence-corrected chi connectivity index (χ3v) is 5.96. The summed E-state index contributed by atoms with van der Waals surface area (Å²) in [5.41, 5.74) is 2.58. The molecular formula is C22H18ClF3N6. The zero-order valence-corrected chi connectivity index (χ0v) is 17.5. The van der Waals surface area contributed by atoms with Gasteiger partial charge in [-0.3, -0.25) is 4.98 Å². The molecule has 1 N–H and O–H groups in total. The number of pyridine rings is 1. The summed E-state index contributed by atoms with van der Waals surface area (Å²) < 4.78 is 41.5. The predicted octanol–water partition coefficient (Wildman–Crippen LogP) is 5.52. The molecule has 0 saturated carbocycles. The van der Waals surface area contributed by atoms with Crippen molar-refractivity contribution in [2.45, 2.75) is 37.9 Å². The Labute approximate surface area is 186 Å². The number of aromatic amines is 1. The van der Waals surface area contributed by atoms with Crippen molar-refractivity contribution < 1.29 is 13.2 Å². The van der Waals surface area contributed by atoms with Crippen LogP contribution >= 0.6 is 11.6 Å². The van der Waals surface area contributed by atoms with Gasteiger partial charge in [-0.15, -0.1) is 0 Å². The van der Waals surface area contributed by atoms with Crippen LogP contribution in [0, 0.1) is 0 Å². The lowest BCUT2D eigenvalue weighted by atomic mass is 9.83. The molecule has 0 bridgehead atoms. The van der Waals surface area contributed by atoms with Crippen LogP contribution in [0.15, 0.2) is 49.1 Å². The number of imidazole rings is 1. The van der Waals surface area contributed by atoms with Gasteiger partial charge in [0.05, 0.1) is 12.0 Å². The van der Waals surface area contributed by atoms with Crippen molar-refractivity contribution in [3.8, 4) is 22.6 Å². The molecular weight excluding hydrogens is 441 g/mol. The van der Waals surface area contributed by atoms with Gasteiger partial charge < -0.3 is 4.57 Å². The Balaban J connectivity index is 1.40. The highest BCUT2D eigenvalue weighted by molar-refractivity contribution is 6.30. The lowest BCUT2D eigenvalue weighted by molar-refractivity contribution is -0.140. The van der Waals surface area contributed by atoms with Gasteiger partial charge in [0.2, 0.25) is 0 Å². The first kappa shape index (κ1) is 20.7. The molecule has 164 valence electrons. The van der Waals surface area contributed by atoms with Crippen LogP contribution in [0.25, 0.3) is 22.6 Å². The van der Waals surface area contributed by atoms with Crippen LogP contribution in [-0.2, 0) is 19.1 Å². The number of alkyl halides is 3. The fraction of sp³-hybridized carbons (Fsp3) is 0.273. The third kappa shape index (κ3) is 4.00. The molecule has 0 aliphatic heterocycles. The molecule has 0 spiro atoms. The number of hydrogen-bond acceptors (Lipinski definition) is 4. The summed E-state index contributed by atoms with van der Waals surface area (Å²) in [6, 6.07) is 9.07. The predicted molar refractivity (Wildman–Crippen MR) is 113 cm³/mol. The minimum Gasteiger partial charge on any atom is -0.336 e. The summed E-state index contributed by atoms with van der Waals surface area (Å²) in [6.07, 6.45) is 3.63. The van der Waals surface area contributed by atoms with E-state index in [4.69, 9.17) is 11.6 Å². The highest BCUT2D eigenvalue weighted by Gasteiger charge is 2.38. The summed E-state index contributed by atoms with van der Waals surface area (Å²) in [7, 11) is 0. The van der Waals surface area contributed by atoms with E-state index in [0.29, 0.717) is 17.3 Å². The first-order valence-corrected chi connectivity index (χ1v) is 10.5. The lowest BCUT2D eigenvalue weighted by Gasteiger charge is -2.26. The van der Waals surface area contributed by atoms with Gasteiger partial charge in [-0.25, -0.2) is 4.98 Å². The number of fused-ring (bicyclic) bond motifs is 1. The molecule has 0 radical (unpaired) electrons. The molecule has 5 rings (SSSR count). The highest BCUT2D eigenvalue weighted by atomic mass is 35.5. The molecule has 4 aromatic rings. The molecule has 0 unspecified atom stereocenters. The van der Waals surface area contributed by atoms with E-state index < -0.39 is 11.9 Å². The maximum atomic E-state index is 13.2. The fourth-order valence-electron chi connectivity index (χ4n) is 4.27. The summed E-state index contributed by atoms with van der Waals surface area (Å²) in [6.45, 7) is 0.753. The number of nitrogens with one attached hydrogen (secondary N) is 1. The summed E-state index contributed by atoms with van der Waals surface area (Å²) in [5, 5.41) is 9.73. The summed E-state index contributed by atoms with van der Waals surface area (Å²) in [5.74, 6) is 0.349. The Hall–Kier alpha value is -3.20. The van der Waals surface area contributed by atoms with Crippen molar-refractivity contribution in [1.82, 2.24) is 29.9 Å². The highest BCUT2D eigenvalue weighted by Crippen LogP contribution is 2.36. The standard InChI is InChI=1S/C22H18ClF3N6/c23-16-4-5-17-13(8-16)2-1-3-15(17)10-32-11-19(28-12-32)18-9-14(6-7-27-18)20-21(22(24,25)26)30-31-29-20/h4-9,11-12,15H,1-3,10H2,(H,29,30,31)/t15-/m0/s1. The number of halogens is 4. The fourth-order valence-corrected chi connectivity index (χ4v) is 4.46. The van der Waals surface area contributed by atoms with Gasteiger partial charge in [-0.1, -0.05) is 17.7 Å². The normalized spacial score (nSPS) is 16.2. The van der Waals surface area contributed by atoms with Gasteiger partial charge in [0, 0.05) is 35.4 Å². The molecule has 10 heteroatoms. The molecule has 1 aliphatic carbocycles. The largest absolute Gasteiger partial charge is 0.437 e. The second-order valence-corrected chi connectivity index (χ2v) is 8.27. The number of H-pyrrole nitrogens is 1. The van der Waals surface area contributed by atoms with E-state index in [1.807, 2.05) is 22.9 Å². The lowest BCUT2D eigenvalue weighted by Crippen LogP contribution is -2.14. The van der Waals surface area contributed by atoms with Crippen molar-refractivity contribution in [3.05, 3.63) is 70.9 Å². The average Bonchev–Trinajstić information content (AvgIpc) is 3.44. The summed E-state index contributed by atoms with van der Waals surface area (Å²) >= 11 is 6.15. The molecule has 1 atom stereocenters. The maximum Gasteiger partial charge on any atom is 0.437 e. The molecule has 3 aromatic heterocycles. The Morgan fingerprint density at radius 3 is 2.81 bits per heavy atom. The zero-order valence-electron chi connectivity index (χ0n) is 16.8. The van der Waals surface area contributed by atoms with Crippen LogP contribution in [0.1, 0.15) is 35.6 Å². The Kier molecular flexibility index (Phi) is 5.21. The van der Waals surface area contributed by atoms with Gasteiger partial charge in [-0.05, 0) is 54.7 Å². The molecule has 6 nitrogen and oxygen atoms in total. The number of nitrogens with zero attached hydrogens (tertiary/aromatic N) is 5. The van der Waals surface area contributed by atoms with E-state index in [1.54, 1.807) is 6.33 Å². The van der Waals surface area contributed by atoms with E-state index in [9.17, 15) is 13.2 Å². The molecule has 0 fully saturated rings. The molecule has 0 amide bonds. The Morgan fingerprint density at radius 2 is 1.97 bits per heavy atom. The van der Waals surface area contributed by atoms with E-state index in [-0.39, 0.29) is 11.3 Å². The molecule has 1 aliphatic rings. The summed E-state index contributed by atoms with van der Waals surface area (Å²) in [4.78, 5) is 8.72. The quantitative estimate of drug-likeness (QED) is 0.437. The van der Waals surface area contributed by atoms with E-state index in [0.717, 1.165) is 30.8 Å². The Morgan fingerprint density at radius 1 is 1.09 bits per heavy atom. The molecule has 0 saturated heterocycles. The third-order valence-electron chi connectivity index (χ3n) is 5.72. The van der Waals surface area contributed by atoms with Crippen LogP contribution in [-0.4, -0.2) is 29.9 Å². The number of hydrogen-bond donors (Lipinski definition) is 1. The Bertz CT molecular complexity index is 1260. The van der Waals surface area contributed by atoms with Gasteiger partial charge >= 0.3 is 6.18 Å². The molecule has 3 heterocycles. The van der Waals surface area contributed by atoms with Crippen molar-refractivity contribution >= 4 is 11.6 Å². The minimum atomic E-state index is -4.60. The van der Waals surface area contributed by atoms with Crippen LogP contribution < -0.4 is 0 Å². The van der Waals surface area contributed by atoms with E-state index >= 15 is 0 Å². The van der Waals surface area contributed by atoms with E-state index in [2.05, 4.69) is 31.4 Å². The van der Waals surface area contributed by atoms with Gasteiger partial charge in [-0.2, -0.15) is 28.6 Å². The first-order chi connectivity index (χ1) is 15.4. The topological polar surface area (TPSA) is 72.3 Å². The zero-order chi connectivity index (χ0) is 22.3. The number of benzene rings is 1. The van der Waals surface area contributed by atoms with Crippen molar-refractivity contribution in [3.63, 3.8) is 0 Å². The maximum absolute atomic E-state index is 13.2. The van der Waals surface area contributed by atoms with Crippen molar-refractivity contribution in [2.24, 2.45) is 0 Å². The van der Waals surface area contributed by atoms with Crippen molar-refractivity contribution in [1.29, 1.82) is 0 Å². The number of rotatable bonds is 4. The van der Waals surface area contributed by atoms with Crippen LogP contribution in [0.5, 0.6) is 0 Å². The van der Waals surface area contributed by atoms with Crippen LogP contribution in [0.3, 0.4) is 0 Å². The smallest absolute Gasteiger partial charge is 0.336 e. The SMILES string of the molecule is FC(F)(F)c1n[nH]nc1-c1ccnc(-c2cn(C[C@@H]3CCCc4cc(Cl)ccc43)cn2)c1. The van der Waals surface area contributed by atoms with Crippen LogP contribution in [0.4, 0.5) is 13.2 Å². The van der Waals surface area contributed by atoms with Crippen molar-refractivity contribution in [2.75, 3.05) is 0 Å². The van der Waals surface area contributed by atoms with Crippen LogP contribution in [0.2, 0.25) is 5.02 Å². The first-order valence-electron chi connectivity index (χ1n) is 10.1.